The van der Waals surface area contributed by atoms with Crippen molar-refractivity contribution >= 4 is 17.7 Å². The minimum Gasteiger partial charge on any atom is -0.473 e. The number of ether oxygens (including phenoxy) is 2. The number of benzene rings is 2. The quantitative estimate of drug-likeness (QED) is 0.631. The van der Waals surface area contributed by atoms with Crippen LogP contribution in [-0.2, 0) is 11.2 Å². The van der Waals surface area contributed by atoms with Crippen molar-refractivity contribution in [3.05, 3.63) is 59.7 Å². The number of hydrogen-bond acceptors (Lipinski definition) is 4. The highest BCUT2D eigenvalue weighted by atomic mass is 16.5. The topological polar surface area (TPSA) is 76.7 Å². The highest BCUT2D eigenvalue weighted by molar-refractivity contribution is 5.92. The van der Waals surface area contributed by atoms with E-state index in [1.54, 1.807) is 24.3 Å². The van der Waals surface area contributed by atoms with Crippen LogP contribution in [0.2, 0.25) is 0 Å². The number of nitrogens with one attached hydrogen (secondary N) is 2. The molecule has 6 nitrogen and oxygen atoms in total. The van der Waals surface area contributed by atoms with Crippen LogP contribution in [0.5, 0.6) is 5.75 Å². The highest BCUT2D eigenvalue weighted by Gasteiger charge is 2.06. The second-order valence-electron chi connectivity index (χ2n) is 4.95. The Balaban J connectivity index is 1.82. The van der Waals surface area contributed by atoms with Gasteiger partial charge in [-0.3, -0.25) is 0 Å². The summed E-state index contributed by atoms with van der Waals surface area (Å²) in [6.45, 7) is 2.10. The second-order valence-corrected chi connectivity index (χ2v) is 4.95. The molecule has 0 radical (unpaired) electrons. The second kappa shape index (κ2) is 8.57. The maximum absolute atomic E-state index is 11.8. The van der Waals surface area contributed by atoms with E-state index in [4.69, 9.17) is 4.74 Å². The summed E-state index contributed by atoms with van der Waals surface area (Å²) >= 11 is 0. The number of carbonyl (C=O) groups excluding carboxylic acids is 2. The van der Waals surface area contributed by atoms with Crippen molar-refractivity contribution in [2.75, 3.05) is 19.2 Å². The molecule has 0 aliphatic heterocycles. The molecular formula is C18H20N2O4. The van der Waals surface area contributed by atoms with Gasteiger partial charge in [0.1, 0.15) is 5.75 Å². The number of para-hydroxylation sites is 1. The van der Waals surface area contributed by atoms with Crippen molar-refractivity contribution in [3.8, 4) is 5.75 Å². The molecule has 0 atom stereocenters. The molecule has 2 rings (SSSR count). The molecule has 0 bridgehead atoms. The summed E-state index contributed by atoms with van der Waals surface area (Å²) in [6.07, 6.45) is 0.856. The van der Waals surface area contributed by atoms with Gasteiger partial charge in [0.25, 0.3) is 0 Å². The Kier molecular flexibility index (Phi) is 6.19. The predicted octanol–water partition coefficient (Wildman–Crippen LogP) is 3.19. The van der Waals surface area contributed by atoms with Gasteiger partial charge in [-0.2, -0.15) is 0 Å². The lowest BCUT2D eigenvalue weighted by molar-refractivity contribution is 0.0600. The van der Waals surface area contributed by atoms with Gasteiger partial charge in [0.2, 0.25) is 0 Å². The van der Waals surface area contributed by atoms with E-state index in [-0.39, 0.29) is 6.73 Å². The van der Waals surface area contributed by atoms with Crippen LogP contribution in [0.4, 0.5) is 10.5 Å². The molecule has 0 saturated heterocycles. The maximum Gasteiger partial charge on any atom is 0.337 e. The molecule has 0 aliphatic rings. The molecule has 126 valence electrons. The number of amides is 2. The molecule has 0 spiro atoms. The monoisotopic (exact) mass is 328 g/mol. The minimum absolute atomic E-state index is 0.0586. The smallest absolute Gasteiger partial charge is 0.337 e. The van der Waals surface area contributed by atoms with E-state index in [1.165, 1.54) is 7.11 Å². The number of urea groups is 1. The Labute approximate surface area is 140 Å². The first kappa shape index (κ1) is 17.3. The molecule has 0 aromatic heterocycles. The first-order chi connectivity index (χ1) is 11.6. The normalized spacial score (nSPS) is 9.92. The van der Waals surface area contributed by atoms with Gasteiger partial charge in [-0.15, -0.1) is 0 Å². The van der Waals surface area contributed by atoms with Crippen LogP contribution in [0, 0.1) is 0 Å². The van der Waals surface area contributed by atoms with E-state index in [0.29, 0.717) is 11.3 Å². The number of esters is 1. The standard InChI is InChI=1S/C18H20N2O4/c1-3-13-6-4-5-7-16(13)24-12-19-18(22)20-15-10-8-14(9-11-15)17(21)23-2/h4-11H,3,12H2,1-2H3,(H2,19,20,22). The highest BCUT2D eigenvalue weighted by Crippen LogP contribution is 2.17. The lowest BCUT2D eigenvalue weighted by atomic mass is 10.1. The van der Waals surface area contributed by atoms with Crippen LogP contribution in [0.25, 0.3) is 0 Å². The third-order valence-electron chi connectivity index (χ3n) is 3.38. The van der Waals surface area contributed by atoms with Crippen molar-refractivity contribution in [1.82, 2.24) is 5.32 Å². The maximum atomic E-state index is 11.8. The molecule has 2 aromatic carbocycles. The molecule has 24 heavy (non-hydrogen) atoms. The zero-order valence-corrected chi connectivity index (χ0v) is 13.7. The summed E-state index contributed by atoms with van der Waals surface area (Å²) in [7, 11) is 1.32. The molecular weight excluding hydrogens is 308 g/mol. The molecule has 0 heterocycles. The Bertz CT molecular complexity index is 698. The number of aryl methyl sites for hydroxylation is 1. The van der Waals surface area contributed by atoms with Crippen molar-refractivity contribution in [2.24, 2.45) is 0 Å². The van der Waals surface area contributed by atoms with Gasteiger partial charge in [-0.25, -0.2) is 9.59 Å². The summed E-state index contributed by atoms with van der Waals surface area (Å²) in [5, 5.41) is 5.27. The molecule has 6 heteroatoms. The summed E-state index contributed by atoms with van der Waals surface area (Å²) in [5.74, 6) is 0.330. The van der Waals surface area contributed by atoms with Crippen LogP contribution in [-0.4, -0.2) is 25.8 Å². The minimum atomic E-state index is -0.422. The molecule has 2 amide bonds. The van der Waals surface area contributed by atoms with Gasteiger partial charge in [0, 0.05) is 5.69 Å². The molecule has 0 unspecified atom stereocenters. The van der Waals surface area contributed by atoms with Crippen molar-refractivity contribution in [1.29, 1.82) is 0 Å². The van der Waals surface area contributed by atoms with Crippen molar-refractivity contribution < 1.29 is 19.1 Å². The fourth-order valence-electron chi connectivity index (χ4n) is 2.10. The number of rotatable bonds is 6. The third-order valence-corrected chi connectivity index (χ3v) is 3.38. The molecule has 2 N–H and O–H groups in total. The van der Waals surface area contributed by atoms with Crippen LogP contribution in [0.15, 0.2) is 48.5 Å². The first-order valence-corrected chi connectivity index (χ1v) is 7.58. The Morgan fingerprint density at radius 3 is 2.42 bits per heavy atom. The van der Waals surface area contributed by atoms with Gasteiger partial charge in [0.15, 0.2) is 6.73 Å². The average molecular weight is 328 g/mol. The summed E-state index contributed by atoms with van der Waals surface area (Å²) in [6, 6.07) is 13.7. The number of hydrogen-bond donors (Lipinski definition) is 2. The van der Waals surface area contributed by atoms with Crippen LogP contribution < -0.4 is 15.4 Å². The third kappa shape index (κ3) is 4.74. The van der Waals surface area contributed by atoms with Crippen molar-refractivity contribution in [3.63, 3.8) is 0 Å². The van der Waals surface area contributed by atoms with E-state index in [2.05, 4.69) is 15.4 Å². The van der Waals surface area contributed by atoms with E-state index in [9.17, 15) is 9.59 Å². The number of methoxy groups -OCH3 is 1. The van der Waals surface area contributed by atoms with E-state index in [0.717, 1.165) is 17.7 Å². The van der Waals surface area contributed by atoms with Gasteiger partial charge >= 0.3 is 12.0 Å². The van der Waals surface area contributed by atoms with Gasteiger partial charge in [0.05, 0.1) is 12.7 Å². The van der Waals surface area contributed by atoms with Gasteiger partial charge in [-0.1, -0.05) is 25.1 Å². The van der Waals surface area contributed by atoms with E-state index < -0.39 is 12.0 Å². The molecule has 0 aliphatic carbocycles. The molecule has 0 saturated carbocycles. The van der Waals surface area contributed by atoms with Crippen LogP contribution in [0.1, 0.15) is 22.8 Å². The fraction of sp³-hybridized carbons (Fsp3) is 0.222. The summed E-state index contributed by atoms with van der Waals surface area (Å²) < 4.78 is 10.2. The predicted molar refractivity (Wildman–Crippen MR) is 91.3 cm³/mol. The average Bonchev–Trinajstić information content (AvgIpc) is 2.62. The summed E-state index contributed by atoms with van der Waals surface area (Å²) in [4.78, 5) is 23.2. The Morgan fingerprint density at radius 2 is 1.75 bits per heavy atom. The Hall–Kier alpha value is -3.02. The van der Waals surface area contributed by atoms with E-state index >= 15 is 0 Å². The van der Waals surface area contributed by atoms with E-state index in [1.807, 2.05) is 31.2 Å². The number of carbonyl (C=O) groups is 2. The van der Waals surface area contributed by atoms with Gasteiger partial charge < -0.3 is 20.1 Å². The van der Waals surface area contributed by atoms with Gasteiger partial charge in [-0.05, 0) is 42.3 Å². The SMILES string of the molecule is CCc1ccccc1OCNC(=O)Nc1ccc(C(=O)OC)cc1. The lowest BCUT2D eigenvalue weighted by Gasteiger charge is -2.12. The fourth-order valence-corrected chi connectivity index (χ4v) is 2.10. The first-order valence-electron chi connectivity index (χ1n) is 7.58. The molecule has 2 aromatic rings. The zero-order valence-electron chi connectivity index (χ0n) is 13.7. The number of anilines is 1. The van der Waals surface area contributed by atoms with Crippen LogP contribution in [0.3, 0.4) is 0 Å². The van der Waals surface area contributed by atoms with Crippen LogP contribution >= 0.6 is 0 Å². The largest absolute Gasteiger partial charge is 0.473 e. The summed E-state index contributed by atoms with van der Waals surface area (Å²) in [5.41, 5.74) is 2.06. The zero-order chi connectivity index (χ0) is 17.4. The lowest BCUT2D eigenvalue weighted by Crippen LogP contribution is -2.32. The van der Waals surface area contributed by atoms with Crippen molar-refractivity contribution in [2.45, 2.75) is 13.3 Å². The Morgan fingerprint density at radius 1 is 1.04 bits per heavy atom. The molecule has 0 fully saturated rings.